The van der Waals surface area contributed by atoms with Crippen LogP contribution in [0.2, 0.25) is 0 Å². The lowest BCUT2D eigenvalue weighted by atomic mass is 9.92. The van der Waals surface area contributed by atoms with Crippen molar-refractivity contribution in [2.75, 3.05) is 0 Å². The van der Waals surface area contributed by atoms with Gasteiger partial charge in [0.1, 0.15) is 17.2 Å². The normalized spacial score (nSPS) is 17.4. The molecule has 198 valence electrons. The van der Waals surface area contributed by atoms with Crippen molar-refractivity contribution in [3.63, 3.8) is 0 Å². The fraction of sp³-hybridized carbons (Fsp3) is 0.242. The summed E-state index contributed by atoms with van der Waals surface area (Å²) < 4.78 is 8.36. The summed E-state index contributed by atoms with van der Waals surface area (Å²) in [7, 11) is 0. The number of benzene rings is 4. The Balaban J connectivity index is 1.41. The van der Waals surface area contributed by atoms with Crippen molar-refractivity contribution in [1.82, 2.24) is 9.88 Å². The summed E-state index contributed by atoms with van der Waals surface area (Å²) >= 11 is 0. The van der Waals surface area contributed by atoms with Gasteiger partial charge in [0.15, 0.2) is 0 Å². The zero-order valence-corrected chi connectivity index (χ0v) is 22.0. The number of rotatable bonds is 7. The van der Waals surface area contributed by atoms with Crippen LogP contribution in [0.15, 0.2) is 91.0 Å². The molecule has 1 heterocycles. The van der Waals surface area contributed by atoms with E-state index in [2.05, 4.69) is 46.3 Å². The lowest BCUT2D eigenvalue weighted by molar-refractivity contribution is 0.0917. The molecule has 5 aromatic rings. The summed E-state index contributed by atoms with van der Waals surface area (Å²) in [5.74, 6) is 1.49. The van der Waals surface area contributed by atoms with Gasteiger partial charge < -0.3 is 26.1 Å². The van der Waals surface area contributed by atoms with Crippen molar-refractivity contribution in [3.8, 4) is 11.5 Å². The lowest BCUT2D eigenvalue weighted by Crippen LogP contribution is -2.41. The van der Waals surface area contributed by atoms with Crippen LogP contribution in [0.4, 0.5) is 0 Å². The van der Waals surface area contributed by atoms with Crippen LogP contribution in [0, 0.1) is 0 Å². The molecule has 0 radical (unpaired) electrons. The number of nitrogens with zero attached hydrogens (tertiary/aromatic N) is 1. The van der Waals surface area contributed by atoms with Crippen LogP contribution < -0.4 is 21.5 Å². The third-order valence-electron chi connectivity index (χ3n) is 7.77. The standard InChI is InChI=1S/C33H34N4O2/c34-20-22-10-11-24-19-32(33(38)36-27-14-12-26(35)13-15-27)37(31(24)16-22)21-25-18-29(39-28-7-2-1-3-8-28)17-23-6-4-5-9-30(23)25/h1-11,16-19,26-27H,12-15,20-21,34-35H2,(H,36,38). The molecule has 0 spiro atoms. The second kappa shape index (κ2) is 10.9. The van der Waals surface area contributed by atoms with E-state index >= 15 is 0 Å². The predicted octanol–water partition coefficient (Wildman–Crippen LogP) is 6.09. The second-order valence-electron chi connectivity index (χ2n) is 10.5. The number of amides is 1. The lowest BCUT2D eigenvalue weighted by Gasteiger charge is -2.27. The van der Waals surface area contributed by atoms with E-state index < -0.39 is 0 Å². The monoisotopic (exact) mass is 518 g/mol. The van der Waals surface area contributed by atoms with Gasteiger partial charge in [-0.2, -0.15) is 0 Å². The molecule has 1 aromatic heterocycles. The van der Waals surface area contributed by atoms with Crippen LogP contribution in [0.3, 0.4) is 0 Å². The van der Waals surface area contributed by atoms with Crippen molar-refractivity contribution in [2.45, 2.75) is 50.9 Å². The van der Waals surface area contributed by atoms with Gasteiger partial charge >= 0.3 is 0 Å². The van der Waals surface area contributed by atoms with Crippen molar-refractivity contribution in [3.05, 3.63) is 108 Å². The zero-order valence-electron chi connectivity index (χ0n) is 22.0. The minimum absolute atomic E-state index is 0.0537. The fourth-order valence-electron chi connectivity index (χ4n) is 5.65. The molecule has 0 bridgehead atoms. The van der Waals surface area contributed by atoms with Gasteiger partial charge in [-0.3, -0.25) is 4.79 Å². The van der Waals surface area contributed by atoms with E-state index in [-0.39, 0.29) is 18.0 Å². The summed E-state index contributed by atoms with van der Waals surface area (Å²) in [6.45, 7) is 0.955. The summed E-state index contributed by atoms with van der Waals surface area (Å²) in [4.78, 5) is 13.7. The molecule has 0 atom stereocenters. The minimum Gasteiger partial charge on any atom is -0.457 e. The molecular weight excluding hydrogens is 484 g/mol. The molecule has 6 rings (SSSR count). The third kappa shape index (κ3) is 5.39. The smallest absolute Gasteiger partial charge is 0.268 e. The molecule has 1 amide bonds. The van der Waals surface area contributed by atoms with Gasteiger partial charge in [-0.15, -0.1) is 0 Å². The van der Waals surface area contributed by atoms with Gasteiger partial charge in [0.2, 0.25) is 0 Å². The average molecular weight is 519 g/mol. The predicted molar refractivity (Wildman–Crippen MR) is 157 cm³/mol. The molecule has 0 saturated heterocycles. The van der Waals surface area contributed by atoms with Crippen LogP contribution in [0.1, 0.15) is 47.3 Å². The maximum absolute atomic E-state index is 13.7. The SMILES string of the molecule is NCc1ccc2cc(C(=O)NC3CCC(N)CC3)n(Cc3cc(Oc4ccccc4)cc4ccccc34)c2c1. The number of hydrogen-bond donors (Lipinski definition) is 3. The quantitative estimate of drug-likeness (QED) is 0.243. The highest BCUT2D eigenvalue weighted by molar-refractivity contribution is 5.99. The molecule has 1 aliphatic carbocycles. The van der Waals surface area contributed by atoms with E-state index in [9.17, 15) is 4.79 Å². The van der Waals surface area contributed by atoms with Gasteiger partial charge in [-0.1, -0.05) is 54.6 Å². The van der Waals surface area contributed by atoms with Crippen LogP contribution in [-0.4, -0.2) is 22.6 Å². The number of fused-ring (bicyclic) bond motifs is 2. The number of hydrogen-bond acceptors (Lipinski definition) is 4. The number of nitrogens with one attached hydrogen (secondary N) is 1. The summed E-state index contributed by atoms with van der Waals surface area (Å²) in [5, 5.41) is 6.52. The van der Waals surface area contributed by atoms with Gasteiger partial charge in [0.25, 0.3) is 5.91 Å². The number of aromatic nitrogens is 1. The average Bonchev–Trinajstić information content (AvgIpc) is 3.32. The first kappa shape index (κ1) is 25.2. The minimum atomic E-state index is -0.0537. The van der Waals surface area contributed by atoms with Gasteiger partial charge in [0.05, 0.1) is 0 Å². The zero-order chi connectivity index (χ0) is 26.8. The number of para-hydroxylation sites is 1. The first-order valence-electron chi connectivity index (χ1n) is 13.7. The number of nitrogens with two attached hydrogens (primary N) is 2. The molecule has 39 heavy (non-hydrogen) atoms. The highest BCUT2D eigenvalue weighted by atomic mass is 16.5. The van der Waals surface area contributed by atoms with Crippen molar-refractivity contribution in [1.29, 1.82) is 0 Å². The van der Waals surface area contributed by atoms with Gasteiger partial charge in [0, 0.05) is 36.1 Å². The maximum Gasteiger partial charge on any atom is 0.268 e. The molecule has 1 aliphatic rings. The Labute approximate surface area is 228 Å². The van der Waals surface area contributed by atoms with Crippen LogP contribution >= 0.6 is 0 Å². The van der Waals surface area contributed by atoms with Gasteiger partial charge in [-0.25, -0.2) is 0 Å². The molecule has 0 unspecified atom stereocenters. The molecule has 4 aromatic carbocycles. The second-order valence-corrected chi connectivity index (χ2v) is 10.5. The highest BCUT2D eigenvalue weighted by Gasteiger charge is 2.23. The Kier molecular flexibility index (Phi) is 7.05. The number of ether oxygens (including phenoxy) is 1. The fourth-order valence-corrected chi connectivity index (χ4v) is 5.65. The Morgan fingerprint density at radius 3 is 2.41 bits per heavy atom. The molecular formula is C33H34N4O2. The van der Waals surface area contributed by atoms with E-state index in [0.717, 1.165) is 70.0 Å². The van der Waals surface area contributed by atoms with E-state index in [1.54, 1.807) is 0 Å². The maximum atomic E-state index is 13.7. The van der Waals surface area contributed by atoms with Crippen molar-refractivity contribution >= 4 is 27.6 Å². The Morgan fingerprint density at radius 2 is 1.62 bits per heavy atom. The number of carbonyl (C=O) groups is 1. The summed E-state index contributed by atoms with van der Waals surface area (Å²) in [6.07, 6.45) is 3.70. The molecule has 6 nitrogen and oxygen atoms in total. The Hall–Kier alpha value is -4.13. The third-order valence-corrected chi connectivity index (χ3v) is 7.77. The molecule has 1 saturated carbocycles. The topological polar surface area (TPSA) is 95.3 Å². The van der Waals surface area contributed by atoms with E-state index in [1.807, 2.05) is 54.6 Å². The first-order valence-corrected chi connectivity index (χ1v) is 13.7. The largest absolute Gasteiger partial charge is 0.457 e. The molecule has 0 aliphatic heterocycles. The van der Waals surface area contributed by atoms with Crippen molar-refractivity contribution in [2.24, 2.45) is 11.5 Å². The summed E-state index contributed by atoms with van der Waals surface area (Å²) in [6, 6.07) is 30.8. The number of carbonyl (C=O) groups excluding carboxylic acids is 1. The van der Waals surface area contributed by atoms with E-state index in [0.29, 0.717) is 18.8 Å². The highest BCUT2D eigenvalue weighted by Crippen LogP contribution is 2.31. The van der Waals surface area contributed by atoms with Crippen LogP contribution in [0.25, 0.3) is 21.7 Å². The first-order chi connectivity index (χ1) is 19.1. The Morgan fingerprint density at radius 1 is 0.846 bits per heavy atom. The van der Waals surface area contributed by atoms with Crippen LogP contribution in [0.5, 0.6) is 11.5 Å². The van der Waals surface area contributed by atoms with E-state index in [4.69, 9.17) is 16.2 Å². The van der Waals surface area contributed by atoms with Crippen LogP contribution in [-0.2, 0) is 13.1 Å². The van der Waals surface area contributed by atoms with Gasteiger partial charge in [-0.05, 0) is 84.0 Å². The van der Waals surface area contributed by atoms with E-state index in [1.165, 1.54) is 0 Å². The molecule has 6 heteroatoms. The molecule has 5 N–H and O–H groups in total. The Bertz CT molecular complexity index is 1620. The van der Waals surface area contributed by atoms with Crippen molar-refractivity contribution < 1.29 is 9.53 Å². The summed E-state index contributed by atoms with van der Waals surface area (Å²) in [5.41, 5.74) is 15.8. The molecule has 1 fully saturated rings.